The number of aliphatic hydroxyl groups excluding tert-OH is 1. The maximum Gasteiger partial charge on any atom is 0.252 e. The van der Waals surface area contributed by atoms with E-state index in [1.54, 1.807) is 16.4 Å². The minimum Gasteiger partial charge on any atom is -0.391 e. The van der Waals surface area contributed by atoms with E-state index in [1.165, 1.54) is 17.8 Å². The first kappa shape index (κ1) is 15.0. The van der Waals surface area contributed by atoms with Crippen LogP contribution in [0.5, 0.6) is 0 Å². The number of rotatable bonds is 5. The molecule has 1 heterocycles. The first-order valence-electron chi connectivity index (χ1n) is 6.81. The van der Waals surface area contributed by atoms with E-state index < -0.39 is 10.0 Å². The van der Waals surface area contributed by atoms with Crippen molar-refractivity contribution >= 4 is 21.4 Å². The number of thiophene rings is 1. The van der Waals surface area contributed by atoms with Gasteiger partial charge in [0.1, 0.15) is 4.21 Å². The van der Waals surface area contributed by atoms with E-state index >= 15 is 0 Å². The molecule has 0 radical (unpaired) electrons. The molecule has 1 aliphatic carbocycles. The van der Waals surface area contributed by atoms with E-state index in [-0.39, 0.29) is 12.6 Å². The van der Waals surface area contributed by atoms with Gasteiger partial charge in [0.05, 0.1) is 6.61 Å². The lowest BCUT2D eigenvalue weighted by Gasteiger charge is -2.32. The average Bonchev–Trinajstić information content (AvgIpc) is 2.90. The second-order valence-electron chi connectivity index (χ2n) is 4.88. The molecule has 0 aliphatic heterocycles. The van der Waals surface area contributed by atoms with Crippen LogP contribution in [0.1, 0.15) is 43.9 Å². The molecular weight excluding hydrogens is 282 g/mol. The molecule has 1 aliphatic rings. The Morgan fingerprint density at radius 2 is 2.00 bits per heavy atom. The molecule has 0 amide bonds. The van der Waals surface area contributed by atoms with E-state index in [1.807, 2.05) is 6.92 Å². The molecule has 1 aromatic heterocycles. The topological polar surface area (TPSA) is 57.6 Å². The smallest absolute Gasteiger partial charge is 0.252 e. The molecule has 0 aromatic carbocycles. The zero-order valence-electron chi connectivity index (χ0n) is 11.2. The molecule has 1 fully saturated rings. The molecule has 2 rings (SSSR count). The van der Waals surface area contributed by atoms with Crippen molar-refractivity contribution in [2.75, 3.05) is 6.54 Å². The molecule has 1 saturated carbocycles. The number of sulfonamides is 1. The van der Waals surface area contributed by atoms with Crippen molar-refractivity contribution in [2.45, 2.75) is 55.9 Å². The third-order valence-electron chi connectivity index (χ3n) is 3.65. The number of hydrogen-bond donors (Lipinski definition) is 1. The molecule has 0 spiro atoms. The maximum absolute atomic E-state index is 12.6. The van der Waals surface area contributed by atoms with Crippen molar-refractivity contribution in [3.05, 3.63) is 17.0 Å². The van der Waals surface area contributed by atoms with Crippen molar-refractivity contribution < 1.29 is 13.5 Å². The molecule has 4 nitrogen and oxygen atoms in total. The van der Waals surface area contributed by atoms with Gasteiger partial charge in [0.25, 0.3) is 10.0 Å². The van der Waals surface area contributed by atoms with Gasteiger partial charge >= 0.3 is 0 Å². The predicted molar refractivity (Wildman–Crippen MR) is 76.7 cm³/mol. The van der Waals surface area contributed by atoms with E-state index in [0.29, 0.717) is 15.6 Å². The molecular formula is C13H21NO3S2. The summed E-state index contributed by atoms with van der Waals surface area (Å²) in [5.74, 6) is 0. The highest BCUT2D eigenvalue weighted by atomic mass is 32.2. The summed E-state index contributed by atoms with van der Waals surface area (Å²) in [6.07, 6.45) is 5.37. The van der Waals surface area contributed by atoms with Crippen LogP contribution in [0.15, 0.2) is 16.3 Å². The summed E-state index contributed by atoms with van der Waals surface area (Å²) < 4.78 is 27.3. The fraction of sp³-hybridized carbons (Fsp3) is 0.692. The Labute approximate surface area is 119 Å². The lowest BCUT2D eigenvalue weighted by molar-refractivity contribution is 0.262. The normalized spacial score (nSPS) is 18.1. The summed E-state index contributed by atoms with van der Waals surface area (Å²) in [5, 5.41) is 9.06. The van der Waals surface area contributed by atoms with Gasteiger partial charge < -0.3 is 5.11 Å². The molecule has 19 heavy (non-hydrogen) atoms. The van der Waals surface area contributed by atoms with Gasteiger partial charge in [-0.05, 0) is 25.0 Å². The molecule has 0 saturated heterocycles. The quantitative estimate of drug-likeness (QED) is 0.909. The summed E-state index contributed by atoms with van der Waals surface area (Å²) in [6.45, 7) is 2.31. The van der Waals surface area contributed by atoms with Crippen molar-refractivity contribution in [1.29, 1.82) is 0 Å². The summed E-state index contributed by atoms with van der Waals surface area (Å²) in [4.78, 5) is 0.693. The molecule has 0 unspecified atom stereocenters. The van der Waals surface area contributed by atoms with E-state index in [9.17, 15) is 8.42 Å². The lowest BCUT2D eigenvalue weighted by Crippen LogP contribution is -2.40. The van der Waals surface area contributed by atoms with Crippen LogP contribution in [0.25, 0.3) is 0 Å². The predicted octanol–water partition coefficient (Wildman–Crippen LogP) is 2.58. The van der Waals surface area contributed by atoms with Crippen LogP contribution in [0.3, 0.4) is 0 Å². The zero-order valence-corrected chi connectivity index (χ0v) is 12.8. The van der Waals surface area contributed by atoms with Crippen molar-refractivity contribution in [1.82, 2.24) is 4.31 Å². The van der Waals surface area contributed by atoms with Gasteiger partial charge in [-0.25, -0.2) is 8.42 Å². The van der Waals surface area contributed by atoms with Crippen LogP contribution >= 0.6 is 11.3 Å². The summed E-state index contributed by atoms with van der Waals surface area (Å²) >= 11 is 1.17. The number of nitrogens with zero attached hydrogens (tertiary/aromatic N) is 1. The standard InChI is InChI=1S/C13H21NO3S2/c1-2-14(11-6-4-3-5-7-11)19(16,17)13-9-8-12(10-15)18-13/h8-9,11,15H,2-7,10H2,1H3. The average molecular weight is 303 g/mol. The monoisotopic (exact) mass is 303 g/mol. The molecule has 0 bridgehead atoms. The van der Waals surface area contributed by atoms with Crippen LogP contribution < -0.4 is 0 Å². The Balaban J connectivity index is 2.24. The van der Waals surface area contributed by atoms with E-state index in [4.69, 9.17) is 5.11 Å². The first-order valence-corrected chi connectivity index (χ1v) is 9.06. The minimum atomic E-state index is -3.40. The highest BCUT2D eigenvalue weighted by molar-refractivity contribution is 7.91. The van der Waals surface area contributed by atoms with E-state index in [2.05, 4.69) is 0 Å². The SMILES string of the molecule is CCN(C1CCCCC1)S(=O)(=O)c1ccc(CO)s1. The Morgan fingerprint density at radius 3 is 2.53 bits per heavy atom. The zero-order chi connectivity index (χ0) is 13.9. The highest BCUT2D eigenvalue weighted by Gasteiger charge is 2.31. The number of aliphatic hydroxyl groups is 1. The van der Waals surface area contributed by atoms with Crippen molar-refractivity contribution in [3.63, 3.8) is 0 Å². The van der Waals surface area contributed by atoms with Crippen LogP contribution in [0.2, 0.25) is 0 Å². The van der Waals surface area contributed by atoms with Crippen LogP contribution in [0, 0.1) is 0 Å². The van der Waals surface area contributed by atoms with Crippen LogP contribution in [0.4, 0.5) is 0 Å². The van der Waals surface area contributed by atoms with Gasteiger partial charge in [-0.2, -0.15) is 4.31 Å². The summed E-state index contributed by atoms with van der Waals surface area (Å²) in [5.41, 5.74) is 0. The van der Waals surface area contributed by atoms with Crippen molar-refractivity contribution in [3.8, 4) is 0 Å². The Kier molecular flexibility index (Phi) is 5.00. The van der Waals surface area contributed by atoms with Gasteiger partial charge in [-0.3, -0.25) is 0 Å². The van der Waals surface area contributed by atoms with Crippen LogP contribution in [-0.2, 0) is 16.6 Å². The third kappa shape index (κ3) is 3.18. The Bertz CT molecular complexity index is 504. The largest absolute Gasteiger partial charge is 0.391 e. The van der Waals surface area contributed by atoms with Gasteiger partial charge in [0.2, 0.25) is 0 Å². The molecule has 1 aromatic rings. The fourth-order valence-corrected chi connectivity index (χ4v) is 5.73. The highest BCUT2D eigenvalue weighted by Crippen LogP contribution is 2.30. The van der Waals surface area contributed by atoms with Gasteiger partial charge in [-0.1, -0.05) is 26.2 Å². The van der Waals surface area contributed by atoms with Crippen LogP contribution in [-0.4, -0.2) is 30.4 Å². The van der Waals surface area contributed by atoms with Gasteiger partial charge in [-0.15, -0.1) is 11.3 Å². The first-order chi connectivity index (χ1) is 9.09. The Hall–Kier alpha value is -0.430. The maximum atomic E-state index is 12.6. The van der Waals surface area contributed by atoms with E-state index in [0.717, 1.165) is 25.7 Å². The minimum absolute atomic E-state index is 0.101. The second kappa shape index (κ2) is 6.35. The van der Waals surface area contributed by atoms with Gasteiger partial charge in [0, 0.05) is 17.5 Å². The number of hydrogen-bond acceptors (Lipinski definition) is 4. The summed E-state index contributed by atoms with van der Waals surface area (Å²) in [7, 11) is -3.40. The van der Waals surface area contributed by atoms with Crippen molar-refractivity contribution in [2.24, 2.45) is 0 Å². The fourth-order valence-electron chi connectivity index (χ4n) is 2.69. The molecule has 108 valence electrons. The Morgan fingerprint density at radius 1 is 1.32 bits per heavy atom. The molecule has 1 N–H and O–H groups in total. The molecule has 6 heteroatoms. The van der Waals surface area contributed by atoms with Gasteiger partial charge in [0.15, 0.2) is 0 Å². The lowest BCUT2D eigenvalue weighted by atomic mass is 9.95. The molecule has 0 atom stereocenters. The third-order valence-corrected chi connectivity index (χ3v) is 7.21. The summed E-state index contributed by atoms with van der Waals surface area (Å²) in [6, 6.07) is 3.44. The second-order valence-corrected chi connectivity index (χ2v) is 8.16.